The molecular weight excluding hydrogens is 364 g/mol. The van der Waals surface area contributed by atoms with Gasteiger partial charge >= 0.3 is 0 Å². The largest absolute Gasteiger partial charge is 0.354 e. The number of anilines is 3. The van der Waals surface area contributed by atoms with E-state index < -0.39 is 0 Å². The highest BCUT2D eigenvalue weighted by Crippen LogP contribution is 2.24. The highest BCUT2D eigenvalue weighted by molar-refractivity contribution is 5.85. The molecule has 1 aliphatic rings. The summed E-state index contributed by atoms with van der Waals surface area (Å²) in [6.07, 6.45) is 3.51. The first-order valence-electron chi connectivity index (χ1n) is 10.2. The van der Waals surface area contributed by atoms with Crippen molar-refractivity contribution in [3.8, 4) is 0 Å². The summed E-state index contributed by atoms with van der Waals surface area (Å²) in [4.78, 5) is 26.1. The van der Waals surface area contributed by atoms with Crippen molar-refractivity contribution in [1.29, 1.82) is 0 Å². The molecule has 0 spiro atoms. The van der Waals surface area contributed by atoms with Crippen molar-refractivity contribution in [3.05, 3.63) is 42.6 Å². The van der Waals surface area contributed by atoms with Crippen molar-refractivity contribution in [2.24, 2.45) is 5.41 Å². The van der Waals surface area contributed by atoms with Gasteiger partial charge in [-0.05, 0) is 50.6 Å². The Labute approximate surface area is 173 Å². The van der Waals surface area contributed by atoms with E-state index in [0.29, 0.717) is 12.5 Å². The third-order valence-corrected chi connectivity index (χ3v) is 4.99. The van der Waals surface area contributed by atoms with Crippen molar-refractivity contribution in [1.82, 2.24) is 20.2 Å². The van der Waals surface area contributed by atoms with Crippen LogP contribution in [0.2, 0.25) is 0 Å². The molecule has 1 aromatic carbocycles. The van der Waals surface area contributed by atoms with E-state index in [4.69, 9.17) is 0 Å². The van der Waals surface area contributed by atoms with E-state index in [1.807, 2.05) is 41.3 Å². The fourth-order valence-electron chi connectivity index (χ4n) is 3.86. The summed E-state index contributed by atoms with van der Waals surface area (Å²) in [5.41, 5.74) is 0.981. The molecule has 0 aliphatic carbocycles. The number of hydrogen-bond acceptors (Lipinski definition) is 6. The standard InChI is InChI=1S/C22H32N6O/c1-22(2,16-27(3)4)15-24-20(29)18-11-8-14-28(18)21-23-13-12-19(26-21)25-17-9-6-5-7-10-17/h5-7,9-10,12-13,18H,8,11,14-16H2,1-4H3,(H,24,29)(H,23,25,26)/t18-/m0/s1. The lowest BCUT2D eigenvalue weighted by Crippen LogP contribution is -2.48. The molecule has 0 bridgehead atoms. The molecule has 29 heavy (non-hydrogen) atoms. The molecular formula is C22H32N6O. The van der Waals surface area contributed by atoms with Crippen LogP contribution in [-0.4, -0.2) is 60.5 Å². The Kier molecular flexibility index (Phi) is 6.69. The van der Waals surface area contributed by atoms with Gasteiger partial charge < -0.3 is 20.4 Å². The number of carbonyl (C=O) groups is 1. The van der Waals surface area contributed by atoms with Crippen LogP contribution in [0.4, 0.5) is 17.5 Å². The second-order valence-electron chi connectivity index (χ2n) is 8.70. The minimum atomic E-state index is -0.225. The van der Waals surface area contributed by atoms with Gasteiger partial charge in [-0.3, -0.25) is 4.79 Å². The summed E-state index contributed by atoms with van der Waals surface area (Å²) in [6, 6.07) is 11.5. The molecule has 156 valence electrons. The van der Waals surface area contributed by atoms with Crippen LogP contribution in [0.25, 0.3) is 0 Å². The molecule has 7 nitrogen and oxygen atoms in total. The minimum absolute atomic E-state index is 0.0125. The zero-order valence-corrected chi connectivity index (χ0v) is 17.9. The minimum Gasteiger partial charge on any atom is -0.354 e. The highest BCUT2D eigenvalue weighted by atomic mass is 16.2. The lowest BCUT2D eigenvalue weighted by molar-refractivity contribution is -0.122. The average Bonchev–Trinajstić information content (AvgIpc) is 3.16. The van der Waals surface area contributed by atoms with Gasteiger partial charge in [0.15, 0.2) is 0 Å². The van der Waals surface area contributed by atoms with Gasteiger partial charge in [-0.15, -0.1) is 0 Å². The van der Waals surface area contributed by atoms with Crippen molar-refractivity contribution in [2.45, 2.75) is 32.7 Å². The molecule has 7 heteroatoms. The summed E-state index contributed by atoms with van der Waals surface area (Å²) in [7, 11) is 4.10. The second-order valence-corrected chi connectivity index (χ2v) is 8.70. The molecule has 0 radical (unpaired) electrons. The summed E-state index contributed by atoms with van der Waals surface area (Å²) in [5, 5.41) is 6.44. The first-order valence-corrected chi connectivity index (χ1v) is 10.2. The van der Waals surface area contributed by atoms with Gasteiger partial charge in [0.25, 0.3) is 0 Å². The molecule has 2 heterocycles. The summed E-state index contributed by atoms with van der Waals surface area (Å²) < 4.78 is 0. The maximum atomic E-state index is 12.9. The SMILES string of the molecule is CN(C)CC(C)(C)CNC(=O)[C@@H]1CCCN1c1nccc(Nc2ccccc2)n1. The number of nitrogens with one attached hydrogen (secondary N) is 2. The third kappa shape index (κ3) is 5.90. The number of hydrogen-bond donors (Lipinski definition) is 2. The molecule has 1 aromatic heterocycles. The lowest BCUT2D eigenvalue weighted by Gasteiger charge is -2.30. The molecule has 1 fully saturated rings. The Morgan fingerprint density at radius 2 is 2.00 bits per heavy atom. The van der Waals surface area contributed by atoms with E-state index in [2.05, 4.69) is 53.4 Å². The van der Waals surface area contributed by atoms with E-state index in [0.717, 1.165) is 37.4 Å². The topological polar surface area (TPSA) is 73.4 Å². The number of benzene rings is 1. The molecule has 3 rings (SSSR count). The highest BCUT2D eigenvalue weighted by Gasteiger charge is 2.33. The van der Waals surface area contributed by atoms with Crippen LogP contribution in [0.1, 0.15) is 26.7 Å². The summed E-state index contributed by atoms with van der Waals surface area (Å²) >= 11 is 0. The maximum Gasteiger partial charge on any atom is 0.242 e. The predicted molar refractivity (Wildman–Crippen MR) is 117 cm³/mol. The zero-order chi connectivity index (χ0) is 20.9. The predicted octanol–water partition coefficient (Wildman–Crippen LogP) is 2.89. The Bertz CT molecular complexity index is 808. The zero-order valence-electron chi connectivity index (χ0n) is 17.9. The number of amides is 1. The van der Waals surface area contributed by atoms with Gasteiger partial charge in [-0.1, -0.05) is 32.0 Å². The second kappa shape index (κ2) is 9.22. The van der Waals surface area contributed by atoms with Gasteiger partial charge in [-0.2, -0.15) is 4.98 Å². The number of para-hydroxylation sites is 1. The van der Waals surface area contributed by atoms with Gasteiger partial charge in [0.05, 0.1) is 0 Å². The molecule has 1 amide bonds. The van der Waals surface area contributed by atoms with Crippen LogP contribution >= 0.6 is 0 Å². The molecule has 1 aliphatic heterocycles. The fourth-order valence-corrected chi connectivity index (χ4v) is 3.86. The molecule has 1 saturated heterocycles. The van der Waals surface area contributed by atoms with Crippen LogP contribution < -0.4 is 15.5 Å². The average molecular weight is 397 g/mol. The summed E-state index contributed by atoms with van der Waals surface area (Å²) in [5.74, 6) is 1.37. The van der Waals surface area contributed by atoms with Gasteiger partial charge in [0.1, 0.15) is 11.9 Å². The Morgan fingerprint density at radius 1 is 1.24 bits per heavy atom. The van der Waals surface area contributed by atoms with E-state index in [1.54, 1.807) is 6.20 Å². The van der Waals surface area contributed by atoms with E-state index >= 15 is 0 Å². The molecule has 1 atom stereocenters. The van der Waals surface area contributed by atoms with Crippen LogP contribution in [0, 0.1) is 5.41 Å². The first-order chi connectivity index (χ1) is 13.8. The van der Waals surface area contributed by atoms with Gasteiger partial charge in [0, 0.05) is 31.5 Å². The normalized spacial score (nSPS) is 16.9. The Balaban J connectivity index is 1.65. The number of rotatable bonds is 8. The van der Waals surface area contributed by atoms with Gasteiger partial charge in [0.2, 0.25) is 11.9 Å². The lowest BCUT2D eigenvalue weighted by atomic mass is 9.93. The maximum absolute atomic E-state index is 12.9. The van der Waals surface area contributed by atoms with Crippen LogP contribution in [-0.2, 0) is 4.79 Å². The summed E-state index contributed by atoms with van der Waals surface area (Å²) in [6.45, 7) is 6.68. The smallest absolute Gasteiger partial charge is 0.242 e. The fraction of sp³-hybridized carbons (Fsp3) is 0.500. The molecule has 0 unspecified atom stereocenters. The van der Waals surface area contributed by atoms with Crippen LogP contribution in [0.5, 0.6) is 0 Å². The third-order valence-electron chi connectivity index (χ3n) is 4.99. The van der Waals surface area contributed by atoms with Crippen LogP contribution in [0.3, 0.4) is 0 Å². The van der Waals surface area contributed by atoms with E-state index in [-0.39, 0.29) is 17.4 Å². The van der Waals surface area contributed by atoms with Crippen LogP contribution in [0.15, 0.2) is 42.6 Å². The van der Waals surface area contributed by atoms with Gasteiger partial charge in [-0.25, -0.2) is 4.98 Å². The number of carbonyl (C=O) groups excluding carboxylic acids is 1. The number of nitrogens with zero attached hydrogens (tertiary/aromatic N) is 4. The van der Waals surface area contributed by atoms with E-state index in [1.165, 1.54) is 0 Å². The first kappa shape index (κ1) is 21.0. The van der Waals surface area contributed by atoms with Crippen molar-refractivity contribution < 1.29 is 4.79 Å². The van der Waals surface area contributed by atoms with E-state index in [9.17, 15) is 4.79 Å². The van der Waals surface area contributed by atoms with Crippen molar-refractivity contribution >= 4 is 23.4 Å². The Hall–Kier alpha value is -2.67. The Morgan fingerprint density at radius 3 is 2.72 bits per heavy atom. The monoisotopic (exact) mass is 396 g/mol. The molecule has 0 saturated carbocycles. The molecule has 2 aromatic rings. The quantitative estimate of drug-likeness (QED) is 0.715. The molecule has 2 N–H and O–H groups in total. The number of aromatic nitrogens is 2. The van der Waals surface area contributed by atoms with Crippen molar-refractivity contribution in [2.75, 3.05) is 43.9 Å². The van der Waals surface area contributed by atoms with Crippen molar-refractivity contribution in [3.63, 3.8) is 0 Å².